The third-order valence-electron chi connectivity index (χ3n) is 4.56. The summed E-state index contributed by atoms with van der Waals surface area (Å²) in [5.74, 6) is 2.22. The molecule has 0 aliphatic carbocycles. The number of hydrogen-bond donors (Lipinski definition) is 1. The molecule has 28 heavy (non-hydrogen) atoms. The molecule has 1 aliphatic heterocycles. The molecule has 1 N–H and O–H groups in total. The number of morpholine rings is 1. The molecule has 1 saturated heterocycles. The van der Waals surface area contributed by atoms with E-state index in [0.29, 0.717) is 49.4 Å². The molecular weight excluding hydrogens is 364 g/mol. The van der Waals surface area contributed by atoms with E-state index in [1.165, 1.54) is 0 Å². The Balaban J connectivity index is 1.72. The lowest BCUT2D eigenvalue weighted by Crippen LogP contribution is -2.41. The predicted molar refractivity (Wildman–Crippen MR) is 103 cm³/mol. The molecule has 0 radical (unpaired) electrons. The number of benzene rings is 1. The number of carbonyl (C=O) groups excluding carboxylic acids is 1. The number of ether oxygens (including phenoxy) is 4. The Morgan fingerprint density at radius 1 is 1.11 bits per heavy atom. The molecule has 0 atom stereocenters. The van der Waals surface area contributed by atoms with Crippen molar-refractivity contribution in [3.8, 4) is 17.2 Å². The molecule has 1 aliphatic rings. The minimum absolute atomic E-state index is 0.0806. The fourth-order valence-electron chi connectivity index (χ4n) is 3.16. The van der Waals surface area contributed by atoms with E-state index < -0.39 is 0 Å². The van der Waals surface area contributed by atoms with Gasteiger partial charge in [0, 0.05) is 24.7 Å². The van der Waals surface area contributed by atoms with Crippen LogP contribution in [-0.4, -0.2) is 74.8 Å². The van der Waals surface area contributed by atoms with Crippen LogP contribution in [0.2, 0.25) is 0 Å². The summed E-state index contributed by atoms with van der Waals surface area (Å²) in [7, 11) is 4.72. The average molecular weight is 390 g/mol. The van der Waals surface area contributed by atoms with Gasteiger partial charge in [-0.2, -0.15) is 5.10 Å². The van der Waals surface area contributed by atoms with E-state index in [9.17, 15) is 4.79 Å². The third kappa shape index (κ3) is 4.55. The van der Waals surface area contributed by atoms with Crippen LogP contribution in [0, 0.1) is 0 Å². The van der Waals surface area contributed by atoms with Crippen LogP contribution < -0.4 is 19.5 Å². The first-order valence-corrected chi connectivity index (χ1v) is 9.06. The standard InChI is InChI=1S/C19H26N4O5/c1-25-15-5-4-14(18(26-2)19(15)27-3)12-23-16(6-7-20-23)21-17(24)13-22-8-10-28-11-9-22/h4-7H,8-13H2,1-3H3,(H,21,24). The van der Waals surface area contributed by atoms with Gasteiger partial charge in [0.2, 0.25) is 11.7 Å². The summed E-state index contributed by atoms with van der Waals surface area (Å²) in [6.07, 6.45) is 1.65. The quantitative estimate of drug-likeness (QED) is 0.725. The number of anilines is 1. The van der Waals surface area contributed by atoms with Gasteiger partial charge in [0.25, 0.3) is 0 Å². The molecule has 0 unspecified atom stereocenters. The van der Waals surface area contributed by atoms with Crippen molar-refractivity contribution < 1.29 is 23.7 Å². The minimum atomic E-state index is -0.0806. The Labute approximate surface area is 164 Å². The van der Waals surface area contributed by atoms with E-state index in [-0.39, 0.29) is 5.91 Å². The molecule has 9 heteroatoms. The van der Waals surface area contributed by atoms with Gasteiger partial charge in [0.1, 0.15) is 5.82 Å². The Morgan fingerprint density at radius 2 is 1.86 bits per heavy atom. The molecule has 1 aromatic carbocycles. The number of amides is 1. The SMILES string of the molecule is COc1ccc(Cn2nccc2NC(=O)CN2CCOCC2)c(OC)c1OC. The summed E-state index contributed by atoms with van der Waals surface area (Å²) in [6.45, 7) is 3.57. The van der Waals surface area contributed by atoms with Crippen molar-refractivity contribution in [1.29, 1.82) is 0 Å². The van der Waals surface area contributed by atoms with Gasteiger partial charge in [0.05, 0.1) is 53.8 Å². The molecule has 2 heterocycles. The molecule has 0 bridgehead atoms. The average Bonchev–Trinajstić information content (AvgIpc) is 3.14. The van der Waals surface area contributed by atoms with Gasteiger partial charge in [-0.15, -0.1) is 0 Å². The van der Waals surface area contributed by atoms with Crippen LogP contribution in [0.5, 0.6) is 17.2 Å². The highest BCUT2D eigenvalue weighted by molar-refractivity contribution is 5.91. The van der Waals surface area contributed by atoms with Crippen LogP contribution in [0.25, 0.3) is 0 Å². The monoisotopic (exact) mass is 390 g/mol. The van der Waals surface area contributed by atoms with E-state index >= 15 is 0 Å². The van der Waals surface area contributed by atoms with Crippen LogP contribution >= 0.6 is 0 Å². The van der Waals surface area contributed by atoms with Crippen molar-refractivity contribution in [1.82, 2.24) is 14.7 Å². The Hall–Kier alpha value is -2.78. The molecule has 1 amide bonds. The first kappa shape index (κ1) is 20.0. The normalized spacial score (nSPS) is 14.5. The van der Waals surface area contributed by atoms with Gasteiger partial charge < -0.3 is 24.3 Å². The number of rotatable bonds is 8. The summed E-state index contributed by atoms with van der Waals surface area (Å²) in [5, 5.41) is 7.25. The minimum Gasteiger partial charge on any atom is -0.493 e. The topological polar surface area (TPSA) is 87.1 Å². The molecule has 1 fully saturated rings. The van der Waals surface area contributed by atoms with Crippen molar-refractivity contribution in [2.24, 2.45) is 0 Å². The van der Waals surface area contributed by atoms with E-state index in [1.54, 1.807) is 38.3 Å². The lowest BCUT2D eigenvalue weighted by molar-refractivity contribution is -0.118. The largest absolute Gasteiger partial charge is 0.493 e. The molecule has 1 aromatic heterocycles. The van der Waals surface area contributed by atoms with Crippen LogP contribution in [0.3, 0.4) is 0 Å². The Morgan fingerprint density at radius 3 is 2.54 bits per heavy atom. The lowest BCUT2D eigenvalue weighted by atomic mass is 10.1. The number of carbonyl (C=O) groups is 1. The van der Waals surface area contributed by atoms with E-state index in [4.69, 9.17) is 18.9 Å². The maximum atomic E-state index is 12.4. The molecule has 152 valence electrons. The molecule has 9 nitrogen and oxygen atoms in total. The van der Waals surface area contributed by atoms with Crippen LogP contribution in [0.1, 0.15) is 5.56 Å². The highest BCUT2D eigenvalue weighted by Crippen LogP contribution is 2.40. The maximum Gasteiger partial charge on any atom is 0.239 e. The predicted octanol–water partition coefficient (Wildman–Crippen LogP) is 1.23. The molecular formula is C19H26N4O5. The van der Waals surface area contributed by atoms with E-state index in [2.05, 4.69) is 15.3 Å². The highest BCUT2D eigenvalue weighted by atomic mass is 16.5. The van der Waals surface area contributed by atoms with Gasteiger partial charge in [0.15, 0.2) is 11.5 Å². The fraction of sp³-hybridized carbons (Fsp3) is 0.474. The zero-order valence-corrected chi connectivity index (χ0v) is 16.4. The number of nitrogens with zero attached hydrogens (tertiary/aromatic N) is 3. The van der Waals surface area contributed by atoms with Crippen LogP contribution in [0.4, 0.5) is 5.82 Å². The van der Waals surface area contributed by atoms with Gasteiger partial charge in [-0.05, 0) is 12.1 Å². The van der Waals surface area contributed by atoms with Gasteiger partial charge >= 0.3 is 0 Å². The number of hydrogen-bond acceptors (Lipinski definition) is 7. The van der Waals surface area contributed by atoms with Crippen molar-refractivity contribution in [3.63, 3.8) is 0 Å². The van der Waals surface area contributed by atoms with E-state index in [1.807, 2.05) is 12.1 Å². The lowest BCUT2D eigenvalue weighted by Gasteiger charge is -2.25. The van der Waals surface area contributed by atoms with Gasteiger partial charge in [-0.1, -0.05) is 0 Å². The summed E-state index contributed by atoms with van der Waals surface area (Å²) in [5.41, 5.74) is 0.854. The highest BCUT2D eigenvalue weighted by Gasteiger charge is 2.18. The van der Waals surface area contributed by atoms with Crippen molar-refractivity contribution >= 4 is 11.7 Å². The third-order valence-corrected chi connectivity index (χ3v) is 4.56. The van der Waals surface area contributed by atoms with Crippen molar-refractivity contribution in [2.45, 2.75) is 6.54 Å². The first-order chi connectivity index (χ1) is 13.7. The first-order valence-electron chi connectivity index (χ1n) is 9.06. The number of nitrogens with one attached hydrogen (secondary N) is 1. The van der Waals surface area contributed by atoms with E-state index in [0.717, 1.165) is 18.7 Å². The second-order valence-corrected chi connectivity index (χ2v) is 6.30. The zero-order chi connectivity index (χ0) is 19.9. The fourth-order valence-corrected chi connectivity index (χ4v) is 3.16. The summed E-state index contributed by atoms with van der Waals surface area (Å²) < 4.78 is 23.3. The van der Waals surface area contributed by atoms with Crippen molar-refractivity contribution in [2.75, 3.05) is 59.5 Å². The summed E-state index contributed by atoms with van der Waals surface area (Å²) >= 11 is 0. The summed E-state index contributed by atoms with van der Waals surface area (Å²) in [4.78, 5) is 14.5. The smallest absolute Gasteiger partial charge is 0.239 e. The Kier molecular flexibility index (Phi) is 6.72. The second-order valence-electron chi connectivity index (χ2n) is 6.30. The maximum absolute atomic E-state index is 12.4. The number of methoxy groups -OCH3 is 3. The molecule has 2 aromatic rings. The summed E-state index contributed by atoms with van der Waals surface area (Å²) in [6, 6.07) is 5.47. The van der Waals surface area contributed by atoms with Gasteiger partial charge in [-0.25, -0.2) is 4.68 Å². The van der Waals surface area contributed by atoms with Crippen LogP contribution in [-0.2, 0) is 16.1 Å². The zero-order valence-electron chi connectivity index (χ0n) is 16.4. The second kappa shape index (κ2) is 9.43. The molecule has 0 saturated carbocycles. The van der Waals surface area contributed by atoms with Crippen LogP contribution in [0.15, 0.2) is 24.4 Å². The molecule has 3 rings (SSSR count). The molecule has 0 spiro atoms. The van der Waals surface area contributed by atoms with Crippen molar-refractivity contribution in [3.05, 3.63) is 30.0 Å². The van der Waals surface area contributed by atoms with Gasteiger partial charge in [-0.3, -0.25) is 9.69 Å². The number of aromatic nitrogens is 2. The Bertz CT molecular complexity index is 802.